The van der Waals surface area contributed by atoms with Gasteiger partial charge in [-0.15, -0.1) is 13.2 Å². The maximum Gasteiger partial charge on any atom is 2.00 e. The molecule has 2 N–H and O–H groups in total. The number of rotatable bonds is 16. The molecule has 0 rings (SSSR count). The minimum Gasteiger partial charge on any atom is -0.550 e. The van der Waals surface area contributed by atoms with Crippen LogP contribution in [0.15, 0.2) is 25.3 Å². The number of carboxylic acids is 6. The van der Waals surface area contributed by atoms with Crippen molar-refractivity contribution in [1.82, 2.24) is 0 Å². The molecule has 192 valence electrons. The first-order valence-electron chi connectivity index (χ1n) is 8.65. The number of ether oxygens (including phenoxy) is 2. The molecule has 0 aliphatic carbocycles. The molecule has 0 amide bonds. The summed E-state index contributed by atoms with van der Waals surface area (Å²) in [5, 5.41) is 81.9. The van der Waals surface area contributed by atoms with Gasteiger partial charge in [0.1, 0.15) is 23.4 Å². The molecule has 19 heteroatoms. The Labute approximate surface area is 298 Å². The molecular formula is C18H18Ca3O16. The SMILES string of the molecule is C=CCOC(C(=O)[O-])C(O)(CC(=O)[O-])C(=O)[O-].C=CCOC(C(=O)[O-])C(O)(CC(=O)[O-])C(=O)[O-].[Ca+2].[Ca+2].[Ca+2]. The molecule has 0 aromatic heterocycles. The van der Waals surface area contributed by atoms with Crippen LogP contribution in [0.3, 0.4) is 0 Å². The van der Waals surface area contributed by atoms with Gasteiger partial charge >= 0.3 is 113 Å². The Hall–Kier alpha value is -0.0808. The van der Waals surface area contributed by atoms with Crippen molar-refractivity contribution < 1.29 is 79.1 Å². The second-order valence-electron chi connectivity index (χ2n) is 6.16. The molecule has 4 unspecified atom stereocenters. The summed E-state index contributed by atoms with van der Waals surface area (Å²) in [6.45, 7) is 5.48. The van der Waals surface area contributed by atoms with Gasteiger partial charge in [-0.3, -0.25) is 0 Å². The molecule has 0 aliphatic heterocycles. The van der Waals surface area contributed by atoms with Crippen molar-refractivity contribution in [3.05, 3.63) is 25.3 Å². The predicted molar refractivity (Wildman–Crippen MR) is 106 cm³/mol. The Morgan fingerprint density at radius 1 is 0.649 bits per heavy atom. The van der Waals surface area contributed by atoms with E-state index < -0.39 is 85.3 Å². The van der Waals surface area contributed by atoms with Crippen LogP contribution in [0.5, 0.6) is 0 Å². The van der Waals surface area contributed by atoms with Gasteiger partial charge in [-0.1, -0.05) is 12.2 Å². The van der Waals surface area contributed by atoms with Crippen molar-refractivity contribution in [3.63, 3.8) is 0 Å². The third kappa shape index (κ3) is 16.6. The molecule has 16 nitrogen and oxygen atoms in total. The molecule has 37 heavy (non-hydrogen) atoms. The van der Waals surface area contributed by atoms with Crippen molar-refractivity contribution in [2.24, 2.45) is 0 Å². The summed E-state index contributed by atoms with van der Waals surface area (Å²) in [5.74, 6) is -12.8. The van der Waals surface area contributed by atoms with Crippen LogP contribution in [-0.2, 0) is 38.2 Å². The minimum absolute atomic E-state index is 0. The third-order valence-corrected chi connectivity index (χ3v) is 3.59. The second-order valence-corrected chi connectivity index (χ2v) is 6.16. The average molecular weight is 611 g/mol. The van der Waals surface area contributed by atoms with Crippen LogP contribution in [-0.4, -0.2) is 196 Å². The Morgan fingerprint density at radius 2 is 0.892 bits per heavy atom. The molecule has 0 fully saturated rings. The quantitative estimate of drug-likeness (QED) is 0.121. The van der Waals surface area contributed by atoms with Gasteiger partial charge in [0.15, 0.2) is 0 Å². The van der Waals surface area contributed by atoms with Crippen LogP contribution in [0.2, 0.25) is 0 Å². The van der Waals surface area contributed by atoms with Gasteiger partial charge in [-0.2, -0.15) is 0 Å². The summed E-state index contributed by atoms with van der Waals surface area (Å²) in [5.41, 5.74) is -6.55. The molecule has 0 aromatic rings. The number of aliphatic carboxylic acids is 6. The Morgan fingerprint density at radius 3 is 1.03 bits per heavy atom. The standard InChI is InChI=1S/2C9H12O8.3Ca/c2*1-2-3-17-6(7(12)13)9(16,8(14)15)4-5(10)11;;;/h2*2,6,16H,1,3-4H2,(H,10,11)(H,12,13)(H,14,15);;;/q;;3*+2/p-6. The van der Waals surface area contributed by atoms with E-state index in [-0.39, 0.29) is 113 Å². The number of carboxylic acid groups (broad SMARTS) is 6. The van der Waals surface area contributed by atoms with E-state index in [2.05, 4.69) is 22.6 Å². The Balaban J connectivity index is -0.000000171. The smallest absolute Gasteiger partial charge is 0.550 e. The number of carbonyl (C=O) groups is 6. The van der Waals surface area contributed by atoms with Gasteiger partial charge in [0.2, 0.25) is 0 Å². The van der Waals surface area contributed by atoms with Gasteiger partial charge in [0.25, 0.3) is 0 Å². The van der Waals surface area contributed by atoms with E-state index in [1.165, 1.54) is 0 Å². The first-order chi connectivity index (χ1) is 15.5. The number of hydrogen-bond acceptors (Lipinski definition) is 16. The topological polar surface area (TPSA) is 300 Å². The zero-order valence-corrected chi connectivity index (χ0v) is 25.9. The van der Waals surface area contributed by atoms with Crippen LogP contribution < -0.4 is 30.6 Å². The molecular weight excluding hydrogens is 592 g/mol. The van der Waals surface area contributed by atoms with Crippen molar-refractivity contribution >= 4 is 149 Å². The van der Waals surface area contributed by atoms with E-state index in [9.17, 15) is 69.6 Å². The van der Waals surface area contributed by atoms with Gasteiger partial charge < -0.3 is 79.1 Å². The van der Waals surface area contributed by atoms with E-state index in [0.717, 1.165) is 12.2 Å². The zero-order valence-electron chi connectivity index (χ0n) is 19.3. The molecule has 0 radical (unpaired) electrons. The average Bonchev–Trinajstić information content (AvgIpc) is 2.67. The van der Waals surface area contributed by atoms with E-state index in [4.69, 9.17) is 0 Å². The van der Waals surface area contributed by atoms with Gasteiger partial charge in [0.05, 0.1) is 37.1 Å². The van der Waals surface area contributed by atoms with Gasteiger partial charge in [0, 0.05) is 24.8 Å². The van der Waals surface area contributed by atoms with Crippen molar-refractivity contribution in [2.75, 3.05) is 13.2 Å². The summed E-state index contributed by atoms with van der Waals surface area (Å²) in [6, 6.07) is 0. The molecule has 4 atom stereocenters. The summed E-state index contributed by atoms with van der Waals surface area (Å²) in [4.78, 5) is 63.0. The molecule has 0 saturated carbocycles. The molecule has 0 saturated heterocycles. The number of hydrogen-bond donors (Lipinski definition) is 2. The van der Waals surface area contributed by atoms with E-state index >= 15 is 0 Å². The van der Waals surface area contributed by atoms with Crippen LogP contribution >= 0.6 is 0 Å². The minimum atomic E-state index is -3.28. The predicted octanol–water partition coefficient (Wildman–Crippen LogP) is -11.3. The fourth-order valence-corrected chi connectivity index (χ4v) is 2.11. The first kappa shape index (κ1) is 46.8. The molecule has 0 aromatic carbocycles. The largest absolute Gasteiger partial charge is 2.00 e. The number of carbonyl (C=O) groups excluding carboxylic acids is 6. The Bertz CT molecular complexity index is 753. The summed E-state index contributed by atoms with van der Waals surface area (Å²) >= 11 is 0. The van der Waals surface area contributed by atoms with Crippen molar-refractivity contribution in [1.29, 1.82) is 0 Å². The Kier molecular flexibility index (Phi) is 28.7. The summed E-state index contributed by atoms with van der Waals surface area (Å²) in [6.07, 6.45) is -5.70. The van der Waals surface area contributed by atoms with E-state index in [1.807, 2.05) is 0 Å². The first-order valence-corrected chi connectivity index (χ1v) is 8.65. The van der Waals surface area contributed by atoms with Crippen molar-refractivity contribution in [2.45, 2.75) is 36.3 Å². The second kappa shape index (κ2) is 22.7. The molecule has 0 aliphatic rings. The van der Waals surface area contributed by atoms with Crippen LogP contribution in [0.25, 0.3) is 0 Å². The summed E-state index contributed by atoms with van der Waals surface area (Å²) < 4.78 is 8.88. The van der Waals surface area contributed by atoms with Gasteiger partial charge in [-0.25, -0.2) is 0 Å². The normalized spacial score (nSPS) is 14.3. The fraction of sp³-hybridized carbons (Fsp3) is 0.444. The zero-order chi connectivity index (χ0) is 27.3. The summed E-state index contributed by atoms with van der Waals surface area (Å²) in [7, 11) is 0. The van der Waals surface area contributed by atoms with Gasteiger partial charge in [-0.05, 0) is 0 Å². The molecule has 0 heterocycles. The number of aliphatic hydroxyl groups is 2. The maximum atomic E-state index is 10.6. The third-order valence-electron chi connectivity index (χ3n) is 3.59. The molecule has 0 spiro atoms. The van der Waals surface area contributed by atoms with Crippen LogP contribution in [0.4, 0.5) is 0 Å². The molecule has 0 bridgehead atoms. The van der Waals surface area contributed by atoms with Crippen LogP contribution in [0.1, 0.15) is 12.8 Å². The maximum absolute atomic E-state index is 10.6. The monoisotopic (exact) mass is 610 g/mol. The fourth-order valence-electron chi connectivity index (χ4n) is 2.11. The van der Waals surface area contributed by atoms with Crippen molar-refractivity contribution in [3.8, 4) is 0 Å². The van der Waals surface area contributed by atoms with E-state index in [0.29, 0.717) is 0 Å². The van der Waals surface area contributed by atoms with Crippen LogP contribution in [0, 0.1) is 0 Å². The van der Waals surface area contributed by atoms with E-state index in [1.54, 1.807) is 0 Å².